The summed E-state index contributed by atoms with van der Waals surface area (Å²) in [5, 5.41) is 3.15. The van der Waals surface area contributed by atoms with Crippen molar-refractivity contribution >= 4 is 5.91 Å². The van der Waals surface area contributed by atoms with E-state index < -0.39 is 0 Å². The first-order chi connectivity index (χ1) is 11.8. The van der Waals surface area contributed by atoms with E-state index in [9.17, 15) is 4.79 Å². The number of amides is 1. The number of aromatic nitrogens is 1. The highest BCUT2D eigenvalue weighted by Crippen LogP contribution is 2.32. The molecule has 0 bridgehead atoms. The van der Waals surface area contributed by atoms with E-state index in [1.807, 2.05) is 12.1 Å². The lowest BCUT2D eigenvalue weighted by molar-refractivity contribution is -0.126. The summed E-state index contributed by atoms with van der Waals surface area (Å²) in [4.78, 5) is 19.6. The Morgan fingerprint density at radius 1 is 1.21 bits per heavy atom. The lowest BCUT2D eigenvalue weighted by Gasteiger charge is -2.32. The number of methoxy groups -OCH3 is 1. The van der Waals surface area contributed by atoms with Crippen molar-refractivity contribution in [2.45, 2.75) is 57.5 Å². The van der Waals surface area contributed by atoms with E-state index >= 15 is 0 Å². The van der Waals surface area contributed by atoms with Gasteiger partial charge in [0, 0.05) is 25.2 Å². The molecule has 0 spiro atoms. The smallest absolute Gasteiger partial charge is 0.224 e. The molecule has 2 heterocycles. The zero-order chi connectivity index (χ0) is 16.8. The third-order valence-electron chi connectivity index (χ3n) is 5.31. The summed E-state index contributed by atoms with van der Waals surface area (Å²) in [6, 6.07) is 6.27. The zero-order valence-electron chi connectivity index (χ0n) is 14.7. The fourth-order valence-electron chi connectivity index (χ4n) is 4.05. The molecule has 2 fully saturated rings. The van der Waals surface area contributed by atoms with Crippen LogP contribution < -0.4 is 10.1 Å². The lowest BCUT2D eigenvalue weighted by atomic mass is 10.00. The van der Waals surface area contributed by atoms with Gasteiger partial charge >= 0.3 is 0 Å². The van der Waals surface area contributed by atoms with Crippen molar-refractivity contribution in [1.29, 1.82) is 0 Å². The summed E-state index contributed by atoms with van der Waals surface area (Å²) in [6.07, 6.45) is 7.99. The van der Waals surface area contributed by atoms with Crippen molar-refractivity contribution in [3.05, 3.63) is 23.9 Å². The van der Waals surface area contributed by atoms with Crippen molar-refractivity contribution in [3.63, 3.8) is 0 Å². The average molecular weight is 331 g/mol. The fraction of sp³-hybridized carbons (Fsp3) is 0.684. The second-order valence-corrected chi connectivity index (χ2v) is 6.95. The number of rotatable bonds is 3. The quantitative estimate of drug-likeness (QED) is 0.925. The van der Waals surface area contributed by atoms with Crippen LogP contribution in [0.1, 0.15) is 50.6 Å². The van der Waals surface area contributed by atoms with E-state index in [1.54, 1.807) is 7.11 Å². The van der Waals surface area contributed by atoms with Gasteiger partial charge in [0.1, 0.15) is 0 Å². The molecule has 0 radical (unpaired) electrons. The van der Waals surface area contributed by atoms with Gasteiger partial charge < -0.3 is 10.1 Å². The molecule has 5 nitrogen and oxygen atoms in total. The third kappa shape index (κ3) is 4.26. The Hall–Kier alpha value is -1.62. The van der Waals surface area contributed by atoms with Crippen molar-refractivity contribution < 1.29 is 9.53 Å². The van der Waals surface area contributed by atoms with E-state index in [2.05, 4.69) is 21.3 Å². The van der Waals surface area contributed by atoms with Crippen molar-refractivity contribution in [3.8, 4) is 5.88 Å². The van der Waals surface area contributed by atoms with Crippen LogP contribution in [0.4, 0.5) is 0 Å². The molecule has 0 aromatic carbocycles. The molecule has 1 aliphatic heterocycles. The van der Waals surface area contributed by atoms with Gasteiger partial charge in [0.25, 0.3) is 0 Å². The van der Waals surface area contributed by atoms with Gasteiger partial charge in [-0.2, -0.15) is 0 Å². The number of pyridine rings is 1. The number of ether oxygens (including phenoxy) is 1. The maximum Gasteiger partial charge on any atom is 0.224 e. The zero-order valence-corrected chi connectivity index (χ0v) is 14.7. The van der Waals surface area contributed by atoms with Crippen LogP contribution in [0.5, 0.6) is 5.88 Å². The molecule has 1 N–H and O–H groups in total. The number of hydrogen-bond acceptors (Lipinski definition) is 4. The lowest BCUT2D eigenvalue weighted by Crippen LogP contribution is -2.44. The Balaban J connectivity index is 1.76. The Bertz CT molecular complexity index is 549. The van der Waals surface area contributed by atoms with Crippen LogP contribution in [0, 0.1) is 5.92 Å². The molecule has 5 heteroatoms. The monoisotopic (exact) mass is 331 g/mol. The van der Waals surface area contributed by atoms with Gasteiger partial charge in [-0.25, -0.2) is 4.98 Å². The van der Waals surface area contributed by atoms with E-state index in [-0.39, 0.29) is 11.8 Å². The number of carbonyl (C=O) groups is 1. The predicted molar refractivity (Wildman–Crippen MR) is 93.8 cm³/mol. The molecule has 132 valence electrons. The molecule has 1 aromatic rings. The van der Waals surface area contributed by atoms with E-state index in [0.717, 1.165) is 51.0 Å². The van der Waals surface area contributed by atoms with Gasteiger partial charge in [-0.3, -0.25) is 9.69 Å². The Labute approximate surface area is 144 Å². The summed E-state index contributed by atoms with van der Waals surface area (Å²) >= 11 is 0. The molecular formula is C19H29N3O2. The average Bonchev–Trinajstić information content (AvgIpc) is 3.08. The molecule has 1 aromatic heterocycles. The summed E-state index contributed by atoms with van der Waals surface area (Å²) in [7, 11) is 1.65. The molecule has 2 unspecified atom stereocenters. The van der Waals surface area contributed by atoms with E-state index in [0.29, 0.717) is 11.9 Å². The maximum absolute atomic E-state index is 12.6. The second kappa shape index (κ2) is 8.47. The van der Waals surface area contributed by atoms with Crippen LogP contribution in [0.2, 0.25) is 0 Å². The summed E-state index contributed by atoms with van der Waals surface area (Å²) in [5.41, 5.74) is 1.02. The van der Waals surface area contributed by atoms with Crippen LogP contribution in [-0.2, 0) is 11.3 Å². The highest BCUT2D eigenvalue weighted by atomic mass is 16.5. The summed E-state index contributed by atoms with van der Waals surface area (Å²) < 4.78 is 5.25. The SMILES string of the molecule is COc1cccc(CN2CCCCCCNC(=O)C3CCCC32)n1. The topological polar surface area (TPSA) is 54.5 Å². The standard InChI is InChI=1S/C19H29N3O2/c1-24-18-11-6-8-15(21-18)14-22-13-5-3-2-4-12-20-19(23)16-9-7-10-17(16)22/h6,8,11,16-17H,2-5,7,9-10,12-14H2,1H3,(H,20,23). The van der Waals surface area contributed by atoms with Gasteiger partial charge in [-0.1, -0.05) is 25.3 Å². The Morgan fingerprint density at radius 2 is 2.08 bits per heavy atom. The van der Waals surface area contributed by atoms with Gasteiger partial charge in [0.15, 0.2) is 0 Å². The Morgan fingerprint density at radius 3 is 2.96 bits per heavy atom. The van der Waals surface area contributed by atoms with E-state index in [4.69, 9.17) is 4.74 Å². The Kier molecular flexibility index (Phi) is 6.07. The molecule has 1 saturated carbocycles. The first kappa shape index (κ1) is 17.2. The minimum atomic E-state index is 0.133. The molecule has 1 aliphatic carbocycles. The third-order valence-corrected chi connectivity index (χ3v) is 5.31. The summed E-state index contributed by atoms with van der Waals surface area (Å²) in [5.74, 6) is 1.04. The van der Waals surface area contributed by atoms with Crippen LogP contribution in [0.15, 0.2) is 18.2 Å². The fourth-order valence-corrected chi connectivity index (χ4v) is 4.05. The second-order valence-electron chi connectivity index (χ2n) is 6.95. The number of fused-ring (bicyclic) bond motifs is 1. The van der Waals surface area contributed by atoms with Gasteiger partial charge in [0.05, 0.1) is 18.7 Å². The van der Waals surface area contributed by atoms with E-state index in [1.165, 1.54) is 19.3 Å². The predicted octanol–water partition coefficient (Wildman–Crippen LogP) is 2.75. The van der Waals surface area contributed by atoms with Crippen molar-refractivity contribution in [2.24, 2.45) is 5.92 Å². The first-order valence-electron chi connectivity index (χ1n) is 9.29. The van der Waals surface area contributed by atoms with Crippen LogP contribution >= 0.6 is 0 Å². The largest absolute Gasteiger partial charge is 0.481 e. The molecule has 2 atom stereocenters. The van der Waals surface area contributed by atoms with Gasteiger partial charge in [0.2, 0.25) is 11.8 Å². The molecule has 24 heavy (non-hydrogen) atoms. The van der Waals surface area contributed by atoms with Crippen LogP contribution in [0.3, 0.4) is 0 Å². The van der Waals surface area contributed by atoms with Gasteiger partial charge in [-0.05, 0) is 38.3 Å². The molecule has 1 saturated heterocycles. The minimum Gasteiger partial charge on any atom is -0.481 e. The molecular weight excluding hydrogens is 302 g/mol. The highest BCUT2D eigenvalue weighted by Gasteiger charge is 2.36. The normalized spacial score (nSPS) is 26.3. The summed E-state index contributed by atoms with van der Waals surface area (Å²) in [6.45, 7) is 2.68. The van der Waals surface area contributed by atoms with Crippen LogP contribution in [-0.4, -0.2) is 42.0 Å². The van der Waals surface area contributed by atoms with Crippen LogP contribution in [0.25, 0.3) is 0 Å². The maximum atomic E-state index is 12.6. The van der Waals surface area contributed by atoms with Crippen molar-refractivity contribution in [1.82, 2.24) is 15.2 Å². The highest BCUT2D eigenvalue weighted by molar-refractivity contribution is 5.79. The molecule has 1 amide bonds. The van der Waals surface area contributed by atoms with Crippen molar-refractivity contribution in [2.75, 3.05) is 20.2 Å². The number of nitrogens with zero attached hydrogens (tertiary/aromatic N) is 2. The minimum absolute atomic E-state index is 0.133. The molecule has 3 rings (SSSR count). The first-order valence-corrected chi connectivity index (χ1v) is 9.29. The van der Waals surface area contributed by atoms with Gasteiger partial charge in [-0.15, -0.1) is 0 Å². The molecule has 2 aliphatic rings. The number of carbonyl (C=O) groups excluding carboxylic acids is 1. The number of nitrogens with one attached hydrogen (secondary N) is 1. The number of hydrogen-bond donors (Lipinski definition) is 1.